The number of fused-ring (bicyclic) bond motifs is 2. The normalized spacial score (nSPS) is 13.4. The van der Waals surface area contributed by atoms with Gasteiger partial charge in [0.05, 0.1) is 26.8 Å². The zero-order valence-electron chi connectivity index (χ0n) is 20.1. The molecule has 0 fully saturated rings. The van der Waals surface area contributed by atoms with Crippen molar-refractivity contribution in [1.29, 1.82) is 0 Å². The third kappa shape index (κ3) is 5.62. The van der Waals surface area contributed by atoms with E-state index in [0.717, 1.165) is 53.7 Å². The van der Waals surface area contributed by atoms with Gasteiger partial charge in [-0.05, 0) is 31.2 Å². The Kier molecular flexibility index (Phi) is 7.71. The van der Waals surface area contributed by atoms with Crippen molar-refractivity contribution in [2.75, 3.05) is 25.0 Å². The van der Waals surface area contributed by atoms with Crippen LogP contribution in [-0.4, -0.2) is 46.4 Å². The van der Waals surface area contributed by atoms with Crippen LogP contribution in [0.1, 0.15) is 35.0 Å². The van der Waals surface area contributed by atoms with Crippen molar-refractivity contribution in [2.45, 2.75) is 26.3 Å². The number of pyridine rings is 1. The predicted molar refractivity (Wildman–Crippen MR) is 147 cm³/mol. The van der Waals surface area contributed by atoms with Gasteiger partial charge in [0.15, 0.2) is 11.7 Å². The molecule has 2 aromatic carbocycles. The maximum absolute atomic E-state index is 13.3. The summed E-state index contributed by atoms with van der Waals surface area (Å²) in [7, 11) is 0. The van der Waals surface area contributed by atoms with E-state index in [1.54, 1.807) is 23.6 Å². The molecule has 1 aliphatic heterocycles. The Morgan fingerprint density at radius 1 is 1.14 bits per heavy atom. The van der Waals surface area contributed by atoms with Gasteiger partial charge in [-0.2, -0.15) is 0 Å². The molecule has 190 valence electrons. The predicted octanol–water partition coefficient (Wildman–Crippen LogP) is 6.23. The van der Waals surface area contributed by atoms with Crippen molar-refractivity contribution in [1.82, 2.24) is 14.9 Å². The molecule has 7 nitrogen and oxygen atoms in total. The second kappa shape index (κ2) is 11.1. The van der Waals surface area contributed by atoms with E-state index in [1.807, 2.05) is 24.3 Å². The van der Waals surface area contributed by atoms with Gasteiger partial charge in [0.2, 0.25) is 0 Å². The van der Waals surface area contributed by atoms with Crippen LogP contribution in [0, 0.1) is 0 Å². The Bertz CT molecular complexity index is 1490. The molecule has 5 rings (SSSR count). The Labute approximate surface area is 228 Å². The fourth-order valence-corrected chi connectivity index (χ4v) is 5.50. The van der Waals surface area contributed by atoms with Crippen LogP contribution in [0.25, 0.3) is 22.2 Å². The zero-order chi connectivity index (χ0) is 25.9. The highest BCUT2D eigenvalue weighted by Crippen LogP contribution is 2.31. The SMILES string of the molecule is CCCN1CCc2nc3ccccc3c(C(=O)OCC(=O)Nc3nc(-c4ccc(Cl)c(Cl)c4)cs3)c2C1. The van der Waals surface area contributed by atoms with Gasteiger partial charge in [0, 0.05) is 47.1 Å². The van der Waals surface area contributed by atoms with Crippen LogP contribution >= 0.6 is 34.5 Å². The number of amides is 1. The summed E-state index contributed by atoms with van der Waals surface area (Å²) in [5, 5.41) is 6.51. The Hall–Kier alpha value is -3.04. The van der Waals surface area contributed by atoms with Crippen molar-refractivity contribution in [3.05, 3.63) is 74.7 Å². The Morgan fingerprint density at radius 3 is 2.78 bits per heavy atom. The second-order valence-electron chi connectivity index (χ2n) is 8.75. The summed E-state index contributed by atoms with van der Waals surface area (Å²) in [4.78, 5) is 37.5. The molecular formula is C27H24Cl2N4O3S. The summed E-state index contributed by atoms with van der Waals surface area (Å²) in [6, 6.07) is 12.8. The van der Waals surface area contributed by atoms with Crippen molar-refractivity contribution >= 4 is 62.4 Å². The number of thiazole rings is 1. The number of nitrogens with one attached hydrogen (secondary N) is 1. The first kappa shape index (κ1) is 25.6. The van der Waals surface area contributed by atoms with E-state index in [9.17, 15) is 9.59 Å². The van der Waals surface area contributed by atoms with E-state index < -0.39 is 18.5 Å². The average Bonchev–Trinajstić information content (AvgIpc) is 3.36. The summed E-state index contributed by atoms with van der Waals surface area (Å²) in [6.07, 6.45) is 1.80. The fourth-order valence-electron chi connectivity index (χ4n) is 4.46. The number of carbonyl (C=O) groups excluding carboxylic acids is 2. The van der Waals surface area contributed by atoms with E-state index in [-0.39, 0.29) is 0 Å². The molecule has 2 aromatic heterocycles. The standard InChI is InChI=1S/C27H24Cl2N4O3S/c1-2-10-33-11-9-22-18(13-33)25(17-5-3-4-6-21(17)30-22)26(35)36-14-24(34)32-27-31-23(15-37-27)16-7-8-19(28)20(29)12-16/h3-8,12,15H,2,9-11,13-14H2,1H3,(H,31,32,34). The van der Waals surface area contributed by atoms with Crippen LogP contribution in [0.5, 0.6) is 0 Å². The highest BCUT2D eigenvalue weighted by Gasteiger charge is 2.26. The second-order valence-corrected chi connectivity index (χ2v) is 10.4. The van der Waals surface area contributed by atoms with Crippen LogP contribution in [0.4, 0.5) is 5.13 Å². The molecule has 0 aliphatic carbocycles. The molecule has 10 heteroatoms. The van der Waals surface area contributed by atoms with Gasteiger partial charge < -0.3 is 4.74 Å². The molecular weight excluding hydrogens is 531 g/mol. The number of hydrogen-bond donors (Lipinski definition) is 1. The van der Waals surface area contributed by atoms with Gasteiger partial charge in [-0.25, -0.2) is 9.78 Å². The zero-order valence-corrected chi connectivity index (χ0v) is 22.4. The van der Waals surface area contributed by atoms with Gasteiger partial charge >= 0.3 is 5.97 Å². The summed E-state index contributed by atoms with van der Waals surface area (Å²) in [5.41, 5.74) is 4.48. The molecule has 0 bridgehead atoms. The lowest BCUT2D eigenvalue weighted by atomic mass is 9.95. The van der Waals surface area contributed by atoms with E-state index in [0.29, 0.717) is 33.0 Å². The smallest absolute Gasteiger partial charge is 0.339 e. The minimum absolute atomic E-state index is 0.393. The van der Waals surface area contributed by atoms with Crippen molar-refractivity contribution in [3.8, 4) is 11.3 Å². The minimum atomic E-state index is -0.529. The summed E-state index contributed by atoms with van der Waals surface area (Å²) < 4.78 is 5.50. The number of esters is 1. The van der Waals surface area contributed by atoms with E-state index in [1.165, 1.54) is 11.3 Å². The average molecular weight is 555 g/mol. The molecule has 0 unspecified atom stereocenters. The highest BCUT2D eigenvalue weighted by molar-refractivity contribution is 7.14. The van der Waals surface area contributed by atoms with Gasteiger partial charge in [-0.1, -0.05) is 54.4 Å². The summed E-state index contributed by atoms with van der Waals surface area (Å²) in [6.45, 7) is 4.19. The topological polar surface area (TPSA) is 84.4 Å². The first-order valence-corrected chi connectivity index (χ1v) is 13.6. The largest absolute Gasteiger partial charge is 0.452 e. The molecule has 0 atom stereocenters. The summed E-state index contributed by atoms with van der Waals surface area (Å²) in [5.74, 6) is -0.998. The maximum Gasteiger partial charge on any atom is 0.339 e. The lowest BCUT2D eigenvalue weighted by Crippen LogP contribution is -2.33. The van der Waals surface area contributed by atoms with Crippen molar-refractivity contribution in [3.63, 3.8) is 0 Å². The van der Waals surface area contributed by atoms with E-state index in [4.69, 9.17) is 32.9 Å². The number of benzene rings is 2. The lowest BCUT2D eigenvalue weighted by molar-refractivity contribution is -0.119. The molecule has 0 spiro atoms. The molecule has 1 N–H and O–H groups in total. The Morgan fingerprint density at radius 2 is 1.97 bits per heavy atom. The van der Waals surface area contributed by atoms with Crippen molar-refractivity contribution in [2.24, 2.45) is 0 Å². The van der Waals surface area contributed by atoms with Gasteiger partial charge in [-0.15, -0.1) is 11.3 Å². The van der Waals surface area contributed by atoms with Gasteiger partial charge in [0.1, 0.15) is 0 Å². The number of halogens is 2. The molecule has 0 saturated heterocycles. The van der Waals surface area contributed by atoms with Gasteiger partial charge in [0.25, 0.3) is 5.91 Å². The molecule has 3 heterocycles. The number of nitrogens with zero attached hydrogens (tertiary/aromatic N) is 3. The van der Waals surface area contributed by atoms with E-state index >= 15 is 0 Å². The van der Waals surface area contributed by atoms with Crippen LogP contribution in [-0.2, 0) is 22.5 Å². The molecule has 0 saturated carbocycles. The minimum Gasteiger partial charge on any atom is -0.452 e. The number of rotatable bonds is 7. The number of carbonyl (C=O) groups is 2. The monoisotopic (exact) mass is 554 g/mol. The van der Waals surface area contributed by atoms with E-state index in [2.05, 4.69) is 22.1 Å². The van der Waals surface area contributed by atoms with Crippen LogP contribution in [0.15, 0.2) is 47.8 Å². The van der Waals surface area contributed by atoms with Crippen LogP contribution in [0.2, 0.25) is 10.0 Å². The number of aromatic nitrogens is 2. The first-order chi connectivity index (χ1) is 17.9. The summed E-state index contributed by atoms with van der Waals surface area (Å²) >= 11 is 13.3. The number of para-hydroxylation sites is 1. The first-order valence-electron chi connectivity index (χ1n) is 11.9. The molecule has 1 amide bonds. The number of hydrogen-bond acceptors (Lipinski definition) is 7. The quantitative estimate of drug-likeness (QED) is 0.272. The third-order valence-electron chi connectivity index (χ3n) is 6.17. The van der Waals surface area contributed by atoms with Crippen molar-refractivity contribution < 1.29 is 14.3 Å². The number of ether oxygens (including phenoxy) is 1. The lowest BCUT2D eigenvalue weighted by Gasteiger charge is -2.29. The maximum atomic E-state index is 13.3. The van der Waals surface area contributed by atoms with Gasteiger partial charge in [-0.3, -0.25) is 20.0 Å². The molecule has 1 aliphatic rings. The molecule has 4 aromatic rings. The van der Waals surface area contributed by atoms with Crippen LogP contribution in [0.3, 0.4) is 0 Å². The number of anilines is 1. The van der Waals surface area contributed by atoms with Crippen LogP contribution < -0.4 is 5.32 Å². The molecule has 37 heavy (non-hydrogen) atoms. The third-order valence-corrected chi connectivity index (χ3v) is 7.67. The Balaban J connectivity index is 1.30. The molecule has 0 radical (unpaired) electrons. The fraction of sp³-hybridized carbons (Fsp3) is 0.259. The highest BCUT2D eigenvalue weighted by atomic mass is 35.5.